The summed E-state index contributed by atoms with van der Waals surface area (Å²) in [5, 5.41) is 12.5. The molecule has 0 fully saturated rings. The van der Waals surface area contributed by atoms with Crippen molar-refractivity contribution < 1.29 is 18.7 Å². The Balaban J connectivity index is 2.25. The summed E-state index contributed by atoms with van der Waals surface area (Å²) >= 11 is 0. The minimum absolute atomic E-state index is 0.0302. The maximum absolute atomic E-state index is 13.2. The number of aliphatic hydroxyl groups excluding tert-OH is 1. The van der Waals surface area contributed by atoms with Crippen molar-refractivity contribution in [3.63, 3.8) is 0 Å². The van der Waals surface area contributed by atoms with Crippen LogP contribution in [-0.2, 0) is 0 Å². The van der Waals surface area contributed by atoms with Crippen LogP contribution in [-0.4, -0.2) is 24.2 Å². The average Bonchev–Trinajstić information content (AvgIpc) is 2.74. The maximum Gasteiger partial charge on any atom is 0.287 e. The molecule has 2 aromatic rings. The second-order valence-corrected chi connectivity index (χ2v) is 5.70. The predicted molar refractivity (Wildman–Crippen MR) is 74.1 cm³/mol. The number of benzene rings is 1. The maximum atomic E-state index is 13.2. The molecule has 0 aliphatic rings. The Kier molecular flexibility index (Phi) is 3.81. The fraction of sp³-hybridized carbons (Fsp3) is 0.400. The minimum atomic E-state index is -0.401. The number of aliphatic hydroxyl groups is 1. The predicted octanol–water partition coefficient (Wildman–Crippen LogP) is 2.63. The van der Waals surface area contributed by atoms with Crippen molar-refractivity contribution in [2.45, 2.75) is 20.8 Å². The van der Waals surface area contributed by atoms with Crippen molar-refractivity contribution in [2.75, 3.05) is 13.2 Å². The lowest BCUT2D eigenvalue weighted by Gasteiger charge is -2.21. The molecule has 2 rings (SSSR count). The van der Waals surface area contributed by atoms with E-state index in [0.29, 0.717) is 23.1 Å². The molecule has 4 nitrogen and oxygen atoms in total. The quantitative estimate of drug-likeness (QED) is 0.904. The summed E-state index contributed by atoms with van der Waals surface area (Å²) in [6.07, 6.45) is 0. The lowest BCUT2D eigenvalue weighted by atomic mass is 9.95. The molecule has 0 spiro atoms. The number of carbonyl (C=O) groups excluding carboxylic acids is 1. The number of amides is 1. The summed E-state index contributed by atoms with van der Waals surface area (Å²) in [5.74, 6) is -0.547. The van der Waals surface area contributed by atoms with Gasteiger partial charge in [0.05, 0.1) is 0 Å². The molecule has 1 amide bonds. The van der Waals surface area contributed by atoms with Crippen LogP contribution < -0.4 is 5.32 Å². The van der Waals surface area contributed by atoms with Gasteiger partial charge in [-0.3, -0.25) is 4.79 Å². The number of hydrogen-bond donors (Lipinski definition) is 2. The Morgan fingerprint density at radius 1 is 1.45 bits per heavy atom. The summed E-state index contributed by atoms with van der Waals surface area (Å²) in [6, 6.07) is 4.15. The van der Waals surface area contributed by atoms with Gasteiger partial charge in [0.2, 0.25) is 0 Å². The molecule has 5 heteroatoms. The molecular formula is C15H18FNO3. The zero-order chi connectivity index (χ0) is 14.9. The van der Waals surface area contributed by atoms with Crippen LogP contribution in [0.5, 0.6) is 0 Å². The van der Waals surface area contributed by atoms with Crippen LogP contribution in [0.4, 0.5) is 4.39 Å². The SMILES string of the molecule is Cc1c(C(=O)NCC(C)(C)CO)oc2ccc(F)cc12. The second-order valence-electron chi connectivity index (χ2n) is 5.70. The highest BCUT2D eigenvalue weighted by molar-refractivity contribution is 5.98. The molecule has 1 aromatic carbocycles. The van der Waals surface area contributed by atoms with Gasteiger partial charge >= 0.3 is 0 Å². The molecule has 0 bridgehead atoms. The third-order valence-corrected chi connectivity index (χ3v) is 3.26. The Bertz CT molecular complexity index is 646. The fourth-order valence-electron chi connectivity index (χ4n) is 1.87. The topological polar surface area (TPSA) is 62.5 Å². The summed E-state index contributed by atoms with van der Waals surface area (Å²) in [7, 11) is 0. The van der Waals surface area contributed by atoms with Crippen LogP contribution in [0.3, 0.4) is 0 Å². The van der Waals surface area contributed by atoms with Gasteiger partial charge in [0.25, 0.3) is 5.91 Å². The molecule has 0 saturated carbocycles. The highest BCUT2D eigenvalue weighted by Gasteiger charge is 2.22. The molecule has 0 radical (unpaired) electrons. The fourth-order valence-corrected chi connectivity index (χ4v) is 1.87. The van der Waals surface area contributed by atoms with Gasteiger partial charge in [0.15, 0.2) is 5.76 Å². The first-order valence-corrected chi connectivity index (χ1v) is 6.42. The first-order chi connectivity index (χ1) is 9.34. The van der Waals surface area contributed by atoms with E-state index < -0.39 is 5.41 Å². The number of nitrogens with one attached hydrogen (secondary N) is 1. The molecule has 0 aliphatic carbocycles. The average molecular weight is 279 g/mol. The molecule has 1 aromatic heterocycles. The van der Waals surface area contributed by atoms with Gasteiger partial charge in [0.1, 0.15) is 11.4 Å². The van der Waals surface area contributed by atoms with E-state index in [1.165, 1.54) is 18.2 Å². The number of aryl methyl sites for hydroxylation is 1. The number of carbonyl (C=O) groups is 1. The van der Waals surface area contributed by atoms with E-state index in [1.807, 2.05) is 13.8 Å². The normalized spacial score (nSPS) is 11.8. The zero-order valence-corrected chi connectivity index (χ0v) is 11.8. The number of rotatable bonds is 4. The van der Waals surface area contributed by atoms with E-state index in [4.69, 9.17) is 9.52 Å². The van der Waals surface area contributed by atoms with E-state index in [2.05, 4.69) is 5.32 Å². The van der Waals surface area contributed by atoms with Crippen molar-refractivity contribution in [1.29, 1.82) is 0 Å². The molecule has 0 aliphatic heterocycles. The third kappa shape index (κ3) is 2.82. The van der Waals surface area contributed by atoms with Gasteiger partial charge < -0.3 is 14.8 Å². The van der Waals surface area contributed by atoms with Gasteiger partial charge in [-0.2, -0.15) is 0 Å². The van der Waals surface area contributed by atoms with Crippen LogP contribution in [0.15, 0.2) is 22.6 Å². The van der Waals surface area contributed by atoms with Crippen molar-refractivity contribution >= 4 is 16.9 Å². The van der Waals surface area contributed by atoms with Crippen LogP contribution in [0.25, 0.3) is 11.0 Å². The molecule has 0 unspecified atom stereocenters. The molecule has 0 atom stereocenters. The molecule has 0 saturated heterocycles. The van der Waals surface area contributed by atoms with Crippen molar-refractivity contribution in [1.82, 2.24) is 5.32 Å². The van der Waals surface area contributed by atoms with Gasteiger partial charge in [-0.1, -0.05) is 13.8 Å². The van der Waals surface area contributed by atoms with Crippen molar-refractivity contribution in [3.05, 3.63) is 35.3 Å². The van der Waals surface area contributed by atoms with Crippen LogP contribution >= 0.6 is 0 Å². The first kappa shape index (κ1) is 14.5. The smallest absolute Gasteiger partial charge is 0.287 e. The first-order valence-electron chi connectivity index (χ1n) is 6.42. The van der Waals surface area contributed by atoms with E-state index in [-0.39, 0.29) is 24.1 Å². The van der Waals surface area contributed by atoms with Crippen molar-refractivity contribution in [2.24, 2.45) is 5.41 Å². The van der Waals surface area contributed by atoms with Gasteiger partial charge in [-0.15, -0.1) is 0 Å². The highest BCUT2D eigenvalue weighted by atomic mass is 19.1. The second kappa shape index (κ2) is 5.25. The standard InChI is InChI=1S/C15H18FNO3/c1-9-11-6-10(16)4-5-12(11)20-13(9)14(19)17-7-15(2,3)8-18/h4-6,18H,7-8H2,1-3H3,(H,17,19). The Hall–Kier alpha value is -1.88. The van der Waals surface area contributed by atoms with Crippen molar-refractivity contribution in [3.8, 4) is 0 Å². The lowest BCUT2D eigenvalue weighted by molar-refractivity contribution is 0.0885. The molecular weight excluding hydrogens is 261 g/mol. The third-order valence-electron chi connectivity index (χ3n) is 3.26. The number of halogens is 1. The monoisotopic (exact) mass is 279 g/mol. The minimum Gasteiger partial charge on any atom is -0.451 e. The van der Waals surface area contributed by atoms with E-state index in [9.17, 15) is 9.18 Å². The summed E-state index contributed by atoms with van der Waals surface area (Å²) in [6.45, 7) is 5.70. The van der Waals surface area contributed by atoms with Crippen LogP contribution in [0, 0.1) is 18.2 Å². The highest BCUT2D eigenvalue weighted by Crippen LogP contribution is 2.26. The largest absolute Gasteiger partial charge is 0.451 e. The number of hydrogen-bond acceptors (Lipinski definition) is 3. The molecule has 2 N–H and O–H groups in total. The summed E-state index contributed by atoms with van der Waals surface area (Å²) in [4.78, 5) is 12.1. The van der Waals surface area contributed by atoms with Crippen LogP contribution in [0.1, 0.15) is 30.0 Å². The number of furan rings is 1. The molecule has 1 heterocycles. The Morgan fingerprint density at radius 3 is 2.80 bits per heavy atom. The van der Waals surface area contributed by atoms with E-state index in [0.717, 1.165) is 0 Å². The van der Waals surface area contributed by atoms with Gasteiger partial charge in [0, 0.05) is 29.5 Å². The lowest BCUT2D eigenvalue weighted by Crippen LogP contribution is -2.36. The Labute approximate surface area is 116 Å². The number of fused-ring (bicyclic) bond motifs is 1. The summed E-state index contributed by atoms with van der Waals surface area (Å²) < 4.78 is 18.7. The molecule has 108 valence electrons. The summed E-state index contributed by atoms with van der Waals surface area (Å²) in [5.41, 5.74) is 0.691. The van der Waals surface area contributed by atoms with Gasteiger partial charge in [-0.05, 0) is 25.1 Å². The van der Waals surface area contributed by atoms with Gasteiger partial charge in [-0.25, -0.2) is 4.39 Å². The van der Waals surface area contributed by atoms with Crippen LogP contribution in [0.2, 0.25) is 0 Å². The molecule has 20 heavy (non-hydrogen) atoms. The van der Waals surface area contributed by atoms with E-state index >= 15 is 0 Å². The van der Waals surface area contributed by atoms with E-state index in [1.54, 1.807) is 6.92 Å². The Morgan fingerprint density at radius 2 is 2.15 bits per heavy atom. The zero-order valence-electron chi connectivity index (χ0n) is 11.8.